The third-order valence-electron chi connectivity index (χ3n) is 3.23. The van der Waals surface area contributed by atoms with Crippen molar-refractivity contribution in [2.75, 3.05) is 14.2 Å². The Bertz CT molecular complexity index is 417. The van der Waals surface area contributed by atoms with Crippen molar-refractivity contribution in [1.29, 1.82) is 0 Å². The molecule has 0 radical (unpaired) electrons. The predicted molar refractivity (Wildman–Crippen MR) is 69.1 cm³/mol. The maximum absolute atomic E-state index is 5.88. The highest BCUT2D eigenvalue weighted by Crippen LogP contribution is 2.48. The summed E-state index contributed by atoms with van der Waals surface area (Å²) in [4.78, 5) is 0. The van der Waals surface area contributed by atoms with E-state index in [-0.39, 0.29) is 17.8 Å². The third-order valence-corrected chi connectivity index (χ3v) is 3.72. The molecule has 17 heavy (non-hydrogen) atoms. The summed E-state index contributed by atoms with van der Waals surface area (Å²) in [5.74, 6) is 0.817. The zero-order chi connectivity index (χ0) is 12.6. The highest BCUT2D eigenvalue weighted by atomic mass is 79.9. The number of ether oxygens (including phenoxy) is 3. The standard InChI is InChI=1S/C13H17BrO3/c1-13(2)11(15-3)9-6-5-8(14)7-10(9)17-12(13)16-4/h5-7,11-12H,1-4H3/t11-,12-/m1/s1. The molecule has 1 heterocycles. The molecule has 0 aliphatic carbocycles. The number of benzene rings is 1. The topological polar surface area (TPSA) is 27.7 Å². The Balaban J connectivity index is 2.50. The van der Waals surface area contributed by atoms with Gasteiger partial charge in [-0.3, -0.25) is 0 Å². The molecule has 0 unspecified atom stereocenters. The number of rotatable bonds is 2. The Morgan fingerprint density at radius 3 is 2.53 bits per heavy atom. The van der Waals surface area contributed by atoms with E-state index in [1.807, 2.05) is 18.2 Å². The lowest BCUT2D eigenvalue weighted by atomic mass is 9.79. The largest absolute Gasteiger partial charge is 0.464 e. The van der Waals surface area contributed by atoms with Gasteiger partial charge < -0.3 is 14.2 Å². The van der Waals surface area contributed by atoms with E-state index in [2.05, 4.69) is 29.8 Å². The lowest BCUT2D eigenvalue weighted by Gasteiger charge is -2.43. The quantitative estimate of drug-likeness (QED) is 0.836. The Labute approximate surface area is 110 Å². The zero-order valence-corrected chi connectivity index (χ0v) is 12.1. The van der Waals surface area contributed by atoms with E-state index < -0.39 is 0 Å². The average Bonchev–Trinajstić information content (AvgIpc) is 2.28. The molecule has 1 aliphatic heterocycles. The Hall–Kier alpha value is -0.580. The van der Waals surface area contributed by atoms with Crippen LogP contribution < -0.4 is 4.74 Å². The lowest BCUT2D eigenvalue weighted by molar-refractivity contribution is -0.187. The van der Waals surface area contributed by atoms with Gasteiger partial charge in [0.25, 0.3) is 0 Å². The van der Waals surface area contributed by atoms with Crippen LogP contribution in [0.4, 0.5) is 0 Å². The molecule has 2 atom stereocenters. The van der Waals surface area contributed by atoms with Gasteiger partial charge in [0, 0.05) is 24.3 Å². The van der Waals surface area contributed by atoms with Crippen molar-refractivity contribution >= 4 is 15.9 Å². The van der Waals surface area contributed by atoms with Crippen LogP contribution in [-0.4, -0.2) is 20.5 Å². The summed E-state index contributed by atoms with van der Waals surface area (Å²) in [6.45, 7) is 4.17. The van der Waals surface area contributed by atoms with E-state index in [4.69, 9.17) is 14.2 Å². The molecule has 0 spiro atoms. The first-order chi connectivity index (χ1) is 8.00. The van der Waals surface area contributed by atoms with Gasteiger partial charge in [-0.05, 0) is 12.1 Å². The fourth-order valence-corrected chi connectivity index (χ4v) is 2.74. The van der Waals surface area contributed by atoms with Crippen molar-refractivity contribution in [2.24, 2.45) is 5.41 Å². The molecule has 1 aliphatic rings. The summed E-state index contributed by atoms with van der Waals surface area (Å²) in [5, 5.41) is 0. The van der Waals surface area contributed by atoms with Gasteiger partial charge in [-0.15, -0.1) is 0 Å². The predicted octanol–water partition coefficient (Wildman–Crippen LogP) is 3.53. The molecule has 0 aromatic heterocycles. The monoisotopic (exact) mass is 300 g/mol. The Morgan fingerprint density at radius 2 is 1.94 bits per heavy atom. The molecule has 0 amide bonds. The Morgan fingerprint density at radius 1 is 1.24 bits per heavy atom. The van der Waals surface area contributed by atoms with Crippen LogP contribution in [0.3, 0.4) is 0 Å². The number of methoxy groups -OCH3 is 2. The van der Waals surface area contributed by atoms with Crippen LogP contribution in [0.2, 0.25) is 0 Å². The molecule has 3 nitrogen and oxygen atoms in total. The van der Waals surface area contributed by atoms with E-state index in [0.717, 1.165) is 15.8 Å². The fourth-order valence-electron chi connectivity index (χ4n) is 2.40. The van der Waals surface area contributed by atoms with Crippen LogP contribution in [-0.2, 0) is 9.47 Å². The van der Waals surface area contributed by atoms with Crippen molar-refractivity contribution in [3.05, 3.63) is 28.2 Å². The van der Waals surface area contributed by atoms with Gasteiger partial charge in [-0.25, -0.2) is 0 Å². The van der Waals surface area contributed by atoms with Gasteiger partial charge in [0.05, 0.1) is 11.5 Å². The molecule has 0 N–H and O–H groups in total. The molecule has 1 aromatic rings. The van der Waals surface area contributed by atoms with Crippen molar-refractivity contribution in [2.45, 2.75) is 26.2 Å². The van der Waals surface area contributed by atoms with Gasteiger partial charge in [0.2, 0.25) is 6.29 Å². The van der Waals surface area contributed by atoms with Crippen LogP contribution in [0.1, 0.15) is 25.5 Å². The molecule has 0 saturated carbocycles. The van der Waals surface area contributed by atoms with E-state index in [9.17, 15) is 0 Å². The second kappa shape index (κ2) is 4.59. The number of halogens is 1. The third kappa shape index (κ3) is 2.09. The molecule has 4 heteroatoms. The van der Waals surface area contributed by atoms with Crippen LogP contribution >= 0.6 is 15.9 Å². The number of hydrogen-bond acceptors (Lipinski definition) is 3. The average molecular weight is 301 g/mol. The second-order valence-electron chi connectivity index (χ2n) is 4.80. The summed E-state index contributed by atoms with van der Waals surface area (Å²) in [6.07, 6.45) is -0.349. The SMILES string of the molecule is CO[C@@H]1Oc2cc(Br)ccc2[C@@H](OC)C1(C)C. The van der Waals surface area contributed by atoms with Gasteiger partial charge in [0.1, 0.15) is 5.75 Å². The van der Waals surface area contributed by atoms with E-state index >= 15 is 0 Å². The zero-order valence-electron chi connectivity index (χ0n) is 10.5. The maximum Gasteiger partial charge on any atom is 0.207 e. The second-order valence-corrected chi connectivity index (χ2v) is 5.72. The summed E-state index contributed by atoms with van der Waals surface area (Å²) in [7, 11) is 3.37. The number of hydrogen-bond donors (Lipinski definition) is 0. The minimum Gasteiger partial charge on any atom is -0.464 e. The maximum atomic E-state index is 5.88. The molecule has 1 aromatic carbocycles. The van der Waals surface area contributed by atoms with Crippen molar-refractivity contribution < 1.29 is 14.2 Å². The van der Waals surface area contributed by atoms with Crippen molar-refractivity contribution in [3.63, 3.8) is 0 Å². The molecular formula is C13H17BrO3. The highest BCUT2D eigenvalue weighted by Gasteiger charge is 2.45. The molecular weight excluding hydrogens is 284 g/mol. The van der Waals surface area contributed by atoms with Crippen molar-refractivity contribution in [3.8, 4) is 5.75 Å². The Kier molecular flexibility index (Phi) is 3.48. The van der Waals surface area contributed by atoms with Gasteiger partial charge in [-0.1, -0.05) is 35.8 Å². The first-order valence-corrected chi connectivity index (χ1v) is 6.31. The van der Waals surface area contributed by atoms with Crippen LogP contribution in [0.15, 0.2) is 22.7 Å². The van der Waals surface area contributed by atoms with E-state index in [1.165, 1.54) is 0 Å². The molecule has 0 saturated heterocycles. The minimum atomic E-state index is -0.311. The van der Waals surface area contributed by atoms with Crippen LogP contribution in [0, 0.1) is 5.41 Å². The molecule has 0 fully saturated rings. The van der Waals surface area contributed by atoms with Crippen molar-refractivity contribution in [1.82, 2.24) is 0 Å². The smallest absolute Gasteiger partial charge is 0.207 e. The van der Waals surface area contributed by atoms with Gasteiger partial charge in [0.15, 0.2) is 0 Å². The fraction of sp³-hybridized carbons (Fsp3) is 0.538. The lowest BCUT2D eigenvalue weighted by Crippen LogP contribution is -2.44. The normalized spacial score (nSPS) is 26.2. The number of fused-ring (bicyclic) bond motifs is 1. The van der Waals surface area contributed by atoms with E-state index in [1.54, 1.807) is 14.2 Å². The molecule has 2 rings (SSSR count). The van der Waals surface area contributed by atoms with Gasteiger partial charge >= 0.3 is 0 Å². The van der Waals surface area contributed by atoms with Crippen LogP contribution in [0.5, 0.6) is 5.75 Å². The first-order valence-electron chi connectivity index (χ1n) is 5.52. The molecule has 0 bridgehead atoms. The highest BCUT2D eigenvalue weighted by molar-refractivity contribution is 9.10. The van der Waals surface area contributed by atoms with Gasteiger partial charge in [-0.2, -0.15) is 0 Å². The summed E-state index contributed by atoms with van der Waals surface area (Å²) in [5.41, 5.74) is 0.832. The minimum absolute atomic E-state index is 0.0377. The van der Waals surface area contributed by atoms with Crippen LogP contribution in [0.25, 0.3) is 0 Å². The summed E-state index contributed by atoms with van der Waals surface area (Å²) >= 11 is 3.44. The molecule has 94 valence electrons. The van der Waals surface area contributed by atoms with E-state index in [0.29, 0.717) is 0 Å². The summed E-state index contributed by atoms with van der Waals surface area (Å²) < 4.78 is 17.9. The first kappa shape index (κ1) is 12.9. The summed E-state index contributed by atoms with van der Waals surface area (Å²) in [6, 6.07) is 5.97.